The number of hydrogen-bond donors (Lipinski definition) is 1. The summed E-state index contributed by atoms with van der Waals surface area (Å²) < 4.78 is 5.31. The summed E-state index contributed by atoms with van der Waals surface area (Å²) in [6, 6.07) is 1.29. The van der Waals surface area contributed by atoms with Crippen molar-refractivity contribution in [2.45, 2.75) is 59.5 Å². The van der Waals surface area contributed by atoms with Gasteiger partial charge in [0.15, 0.2) is 0 Å². The number of rotatable bonds is 11. The maximum atomic E-state index is 5.31. The third-order valence-corrected chi connectivity index (χ3v) is 3.37. The van der Waals surface area contributed by atoms with Crippen molar-refractivity contribution >= 4 is 0 Å². The first-order chi connectivity index (χ1) is 8.17. The molecule has 0 aliphatic rings. The minimum Gasteiger partial charge on any atom is -0.382 e. The van der Waals surface area contributed by atoms with Gasteiger partial charge in [-0.1, -0.05) is 13.8 Å². The normalized spacial score (nSPS) is 15.2. The summed E-state index contributed by atoms with van der Waals surface area (Å²) in [5.74, 6) is 0. The third-order valence-electron chi connectivity index (χ3n) is 3.37. The van der Waals surface area contributed by atoms with Gasteiger partial charge in [-0.2, -0.15) is 0 Å². The van der Waals surface area contributed by atoms with Crippen LogP contribution in [0.1, 0.15) is 47.5 Å². The van der Waals surface area contributed by atoms with E-state index in [9.17, 15) is 0 Å². The zero-order chi connectivity index (χ0) is 13.1. The molecule has 0 aromatic heterocycles. The highest BCUT2D eigenvalue weighted by atomic mass is 16.5. The van der Waals surface area contributed by atoms with Gasteiger partial charge >= 0.3 is 0 Å². The van der Waals surface area contributed by atoms with Crippen LogP contribution in [0, 0.1) is 0 Å². The highest BCUT2D eigenvalue weighted by Gasteiger charge is 2.16. The molecule has 0 heterocycles. The van der Waals surface area contributed by atoms with E-state index in [0.717, 1.165) is 39.3 Å². The number of likely N-dealkylation sites (N-methyl/N-ethyl adjacent to an activating group) is 1. The molecule has 1 N–H and O–H groups in total. The lowest BCUT2D eigenvalue weighted by atomic mass is 10.1. The Balaban J connectivity index is 3.64. The van der Waals surface area contributed by atoms with Crippen molar-refractivity contribution < 1.29 is 4.74 Å². The van der Waals surface area contributed by atoms with Crippen LogP contribution in [0.25, 0.3) is 0 Å². The van der Waals surface area contributed by atoms with Crippen molar-refractivity contribution in [3.63, 3.8) is 0 Å². The average molecular weight is 244 g/mol. The Morgan fingerprint density at radius 1 is 1.12 bits per heavy atom. The summed E-state index contributed by atoms with van der Waals surface area (Å²) >= 11 is 0. The summed E-state index contributed by atoms with van der Waals surface area (Å²) in [5.41, 5.74) is 0. The van der Waals surface area contributed by atoms with Gasteiger partial charge in [-0.3, -0.25) is 4.90 Å². The van der Waals surface area contributed by atoms with E-state index in [1.54, 1.807) is 0 Å². The van der Waals surface area contributed by atoms with Gasteiger partial charge in [-0.05, 0) is 46.7 Å². The van der Waals surface area contributed by atoms with E-state index in [1.807, 2.05) is 6.92 Å². The van der Waals surface area contributed by atoms with E-state index in [-0.39, 0.29) is 0 Å². The fourth-order valence-corrected chi connectivity index (χ4v) is 2.16. The monoisotopic (exact) mass is 244 g/mol. The molecule has 0 saturated carbocycles. The lowest BCUT2D eigenvalue weighted by Crippen LogP contribution is -2.45. The Morgan fingerprint density at radius 3 is 2.35 bits per heavy atom. The van der Waals surface area contributed by atoms with Gasteiger partial charge in [0, 0.05) is 31.8 Å². The van der Waals surface area contributed by atoms with E-state index in [2.05, 4.69) is 37.9 Å². The molecule has 0 aliphatic carbocycles. The molecule has 2 unspecified atom stereocenters. The van der Waals surface area contributed by atoms with Crippen LogP contribution in [0.5, 0.6) is 0 Å². The van der Waals surface area contributed by atoms with Crippen LogP contribution in [0.3, 0.4) is 0 Å². The molecule has 0 aromatic carbocycles. The lowest BCUT2D eigenvalue weighted by molar-refractivity contribution is 0.139. The molecule has 0 rings (SSSR count). The first-order valence-corrected chi connectivity index (χ1v) is 7.21. The molecule has 0 saturated heterocycles. The van der Waals surface area contributed by atoms with Crippen LogP contribution in [0.15, 0.2) is 0 Å². The molecule has 17 heavy (non-hydrogen) atoms. The van der Waals surface area contributed by atoms with Gasteiger partial charge in [0.2, 0.25) is 0 Å². The Hall–Kier alpha value is -0.120. The quantitative estimate of drug-likeness (QED) is 0.565. The van der Waals surface area contributed by atoms with Crippen LogP contribution in [-0.2, 0) is 4.74 Å². The van der Waals surface area contributed by atoms with E-state index in [1.165, 1.54) is 6.42 Å². The zero-order valence-electron chi connectivity index (χ0n) is 12.5. The van der Waals surface area contributed by atoms with Crippen LogP contribution in [-0.4, -0.2) is 49.8 Å². The van der Waals surface area contributed by atoms with Gasteiger partial charge in [0.25, 0.3) is 0 Å². The smallest absolute Gasteiger partial charge is 0.0477 e. The van der Waals surface area contributed by atoms with Gasteiger partial charge in [0.05, 0.1) is 0 Å². The lowest BCUT2D eigenvalue weighted by Gasteiger charge is -2.33. The van der Waals surface area contributed by atoms with Crippen LogP contribution in [0.2, 0.25) is 0 Å². The third kappa shape index (κ3) is 7.74. The largest absolute Gasteiger partial charge is 0.382 e. The topological polar surface area (TPSA) is 24.5 Å². The molecule has 0 amide bonds. The number of nitrogens with zero attached hydrogens (tertiary/aromatic N) is 1. The van der Waals surface area contributed by atoms with Crippen LogP contribution in [0.4, 0.5) is 0 Å². The van der Waals surface area contributed by atoms with Crippen molar-refractivity contribution in [1.82, 2.24) is 10.2 Å². The van der Waals surface area contributed by atoms with Gasteiger partial charge < -0.3 is 10.1 Å². The second kappa shape index (κ2) is 11.0. The molecule has 0 radical (unpaired) electrons. The number of hydrogen-bond acceptors (Lipinski definition) is 3. The molecule has 0 spiro atoms. The van der Waals surface area contributed by atoms with Gasteiger partial charge in [-0.15, -0.1) is 0 Å². The number of ether oxygens (including phenoxy) is 1. The van der Waals surface area contributed by atoms with E-state index < -0.39 is 0 Å². The van der Waals surface area contributed by atoms with Crippen molar-refractivity contribution in [2.24, 2.45) is 0 Å². The predicted molar refractivity (Wildman–Crippen MR) is 75.6 cm³/mol. The van der Waals surface area contributed by atoms with E-state index >= 15 is 0 Å². The van der Waals surface area contributed by atoms with Crippen LogP contribution < -0.4 is 5.32 Å². The van der Waals surface area contributed by atoms with Crippen molar-refractivity contribution in [3.05, 3.63) is 0 Å². The molecule has 104 valence electrons. The highest BCUT2D eigenvalue weighted by Crippen LogP contribution is 2.07. The Labute approximate surface area is 108 Å². The van der Waals surface area contributed by atoms with Crippen molar-refractivity contribution in [2.75, 3.05) is 32.8 Å². The fraction of sp³-hybridized carbons (Fsp3) is 1.00. The molecule has 3 heteroatoms. The zero-order valence-corrected chi connectivity index (χ0v) is 12.5. The van der Waals surface area contributed by atoms with Gasteiger partial charge in [-0.25, -0.2) is 0 Å². The second-order valence-corrected chi connectivity index (χ2v) is 4.69. The minimum absolute atomic E-state index is 0.613. The SMILES string of the molecule is CCOCCCNCC(C)N(CC)C(C)CC. The van der Waals surface area contributed by atoms with E-state index in [4.69, 9.17) is 4.74 Å². The summed E-state index contributed by atoms with van der Waals surface area (Å²) in [5, 5.41) is 3.52. The molecule has 0 aromatic rings. The molecular weight excluding hydrogens is 212 g/mol. The summed E-state index contributed by atoms with van der Waals surface area (Å²) in [6.07, 6.45) is 2.33. The predicted octanol–water partition coefficient (Wildman–Crippen LogP) is 2.51. The molecule has 0 fully saturated rings. The second-order valence-electron chi connectivity index (χ2n) is 4.69. The average Bonchev–Trinajstić information content (AvgIpc) is 2.34. The molecule has 0 aliphatic heterocycles. The standard InChI is InChI=1S/C14H32N2O/c1-6-13(4)16(7-2)14(5)12-15-10-9-11-17-8-3/h13-15H,6-12H2,1-5H3. The van der Waals surface area contributed by atoms with Crippen LogP contribution >= 0.6 is 0 Å². The Kier molecular flexibility index (Phi) is 10.9. The van der Waals surface area contributed by atoms with Gasteiger partial charge in [0.1, 0.15) is 0 Å². The summed E-state index contributed by atoms with van der Waals surface area (Å²) in [6.45, 7) is 16.1. The highest BCUT2D eigenvalue weighted by molar-refractivity contribution is 4.73. The maximum Gasteiger partial charge on any atom is 0.0477 e. The molecular formula is C14H32N2O. The summed E-state index contributed by atoms with van der Waals surface area (Å²) in [7, 11) is 0. The first kappa shape index (κ1) is 16.9. The van der Waals surface area contributed by atoms with E-state index in [0.29, 0.717) is 12.1 Å². The first-order valence-electron chi connectivity index (χ1n) is 7.21. The molecule has 2 atom stereocenters. The Morgan fingerprint density at radius 2 is 1.82 bits per heavy atom. The number of nitrogens with one attached hydrogen (secondary N) is 1. The molecule has 3 nitrogen and oxygen atoms in total. The molecule has 0 bridgehead atoms. The van der Waals surface area contributed by atoms with Crippen molar-refractivity contribution in [3.8, 4) is 0 Å². The fourth-order valence-electron chi connectivity index (χ4n) is 2.16. The van der Waals surface area contributed by atoms with Crippen molar-refractivity contribution in [1.29, 1.82) is 0 Å². The maximum absolute atomic E-state index is 5.31. The Bertz CT molecular complexity index is 164. The summed E-state index contributed by atoms with van der Waals surface area (Å²) in [4.78, 5) is 2.57. The minimum atomic E-state index is 0.613.